The molecule has 0 saturated carbocycles. The molecule has 160 valence electrons. The molecular formula is C28H48. The van der Waals surface area contributed by atoms with Crippen molar-refractivity contribution in [2.24, 2.45) is 0 Å². The highest BCUT2D eigenvalue weighted by atomic mass is 13.9. The third kappa shape index (κ3) is 18.5. The van der Waals surface area contributed by atoms with Crippen LogP contribution in [0, 0.1) is 6.92 Å². The Morgan fingerprint density at radius 3 is 0.821 bits per heavy atom. The molecule has 0 heterocycles. The van der Waals surface area contributed by atoms with Crippen LogP contribution in [0.4, 0.5) is 0 Å². The Morgan fingerprint density at radius 2 is 0.679 bits per heavy atom. The molecule has 0 nitrogen and oxygen atoms in total. The minimum absolute atomic E-state index is 0. The van der Waals surface area contributed by atoms with Crippen molar-refractivity contribution in [1.29, 1.82) is 0 Å². The van der Waals surface area contributed by atoms with Gasteiger partial charge in [-0.1, -0.05) is 148 Å². The topological polar surface area (TPSA) is 0 Å². The van der Waals surface area contributed by atoms with Crippen LogP contribution in [0.5, 0.6) is 0 Å². The highest BCUT2D eigenvalue weighted by molar-refractivity contribution is 5.14. The van der Waals surface area contributed by atoms with E-state index in [1.807, 2.05) is 30.3 Å². The first-order chi connectivity index (χ1) is 11.3. The van der Waals surface area contributed by atoms with Gasteiger partial charge in [-0.05, 0) is 30.9 Å². The molecule has 0 heteroatoms. The highest BCUT2D eigenvalue weighted by Gasteiger charge is 1.80. The zero-order chi connectivity index (χ0) is 16.8. The van der Waals surface area contributed by atoms with E-state index in [4.69, 9.17) is 0 Å². The van der Waals surface area contributed by atoms with Crippen molar-refractivity contribution in [1.82, 2.24) is 0 Å². The molecule has 0 bridgehead atoms. The van der Waals surface area contributed by atoms with Crippen LogP contribution in [-0.2, 0) is 12.8 Å². The van der Waals surface area contributed by atoms with Crippen molar-refractivity contribution in [2.45, 2.75) is 70.7 Å². The minimum Gasteiger partial charge on any atom is -0.0776 e. The van der Waals surface area contributed by atoms with Crippen molar-refractivity contribution in [3.63, 3.8) is 0 Å². The van der Waals surface area contributed by atoms with Gasteiger partial charge in [0, 0.05) is 0 Å². The SMILES string of the molecule is C.C.C.C.C.CCc1ccccc1.CCc1ccccc1.Cc1ccccc1. The largest absolute Gasteiger partial charge is 0.0776 e. The predicted octanol–water partition coefficient (Wildman–Crippen LogP) is 9.67. The second-order valence-electron chi connectivity index (χ2n) is 5.33. The maximum Gasteiger partial charge on any atom is -0.0307 e. The molecule has 28 heavy (non-hydrogen) atoms. The number of aryl methyl sites for hydroxylation is 3. The average molecular weight is 385 g/mol. The van der Waals surface area contributed by atoms with E-state index in [0.717, 1.165) is 12.8 Å². The number of rotatable bonds is 2. The average Bonchev–Trinajstić information content (AvgIpc) is 2.65. The molecule has 0 aliphatic rings. The summed E-state index contributed by atoms with van der Waals surface area (Å²) in [7, 11) is 0. The Labute approximate surface area is 178 Å². The van der Waals surface area contributed by atoms with Crippen LogP contribution in [0.2, 0.25) is 0 Å². The van der Waals surface area contributed by atoms with Crippen LogP contribution in [-0.4, -0.2) is 0 Å². The molecule has 3 aromatic rings. The van der Waals surface area contributed by atoms with Gasteiger partial charge < -0.3 is 0 Å². The lowest BCUT2D eigenvalue weighted by Crippen LogP contribution is -1.73. The van der Waals surface area contributed by atoms with Crippen LogP contribution < -0.4 is 0 Å². The van der Waals surface area contributed by atoms with Gasteiger partial charge >= 0.3 is 0 Å². The van der Waals surface area contributed by atoms with Gasteiger partial charge in [-0.2, -0.15) is 0 Å². The van der Waals surface area contributed by atoms with E-state index in [1.54, 1.807) is 0 Å². The predicted molar refractivity (Wildman–Crippen MR) is 136 cm³/mol. The standard InChI is InChI=1S/2C8H10.C7H8.5CH4/c2*1-2-8-6-4-3-5-7-8;1-7-5-3-2-4-6-7;;;;;/h2*3-7H,2H2,1H3;2-6H,1H3;5*1H4. The molecule has 3 rings (SSSR count). The summed E-state index contributed by atoms with van der Waals surface area (Å²) in [5.41, 5.74) is 4.14. The van der Waals surface area contributed by atoms with E-state index in [2.05, 4.69) is 81.4 Å². The maximum atomic E-state index is 2.16. The van der Waals surface area contributed by atoms with Crippen LogP contribution >= 0.6 is 0 Å². The van der Waals surface area contributed by atoms with Crippen molar-refractivity contribution >= 4 is 0 Å². The van der Waals surface area contributed by atoms with Gasteiger partial charge in [0.1, 0.15) is 0 Å². The third-order valence-corrected chi connectivity index (χ3v) is 3.44. The first-order valence-corrected chi connectivity index (χ1v) is 8.35. The summed E-state index contributed by atoms with van der Waals surface area (Å²) in [6, 6.07) is 31.2. The normalized spacial score (nSPS) is 7.39. The molecule has 0 N–H and O–H groups in total. The summed E-state index contributed by atoms with van der Waals surface area (Å²) < 4.78 is 0. The van der Waals surface area contributed by atoms with Crippen LogP contribution in [0.25, 0.3) is 0 Å². The molecule has 0 fully saturated rings. The number of benzene rings is 3. The lowest BCUT2D eigenvalue weighted by molar-refractivity contribution is 1.14. The van der Waals surface area contributed by atoms with E-state index in [9.17, 15) is 0 Å². The van der Waals surface area contributed by atoms with Gasteiger partial charge in [0.05, 0.1) is 0 Å². The molecule has 0 amide bonds. The van der Waals surface area contributed by atoms with Crippen molar-refractivity contribution in [2.75, 3.05) is 0 Å². The van der Waals surface area contributed by atoms with Gasteiger partial charge in [0.15, 0.2) is 0 Å². The quantitative estimate of drug-likeness (QED) is 0.412. The zero-order valence-corrected chi connectivity index (χ0v) is 14.6. The van der Waals surface area contributed by atoms with E-state index in [0.29, 0.717) is 0 Å². The minimum atomic E-state index is 0. The Morgan fingerprint density at radius 1 is 0.429 bits per heavy atom. The molecule has 0 atom stereocenters. The molecule has 0 unspecified atom stereocenters. The Balaban J connectivity index is -0.0000000869. The maximum absolute atomic E-state index is 2.16. The monoisotopic (exact) mass is 384 g/mol. The first kappa shape index (κ1) is 36.6. The van der Waals surface area contributed by atoms with Crippen molar-refractivity contribution in [3.05, 3.63) is 108 Å². The van der Waals surface area contributed by atoms with Crippen LogP contribution in [0.1, 0.15) is 67.7 Å². The van der Waals surface area contributed by atoms with Gasteiger partial charge in [0.2, 0.25) is 0 Å². The molecule has 0 aliphatic heterocycles. The molecule has 0 aromatic heterocycles. The number of hydrogen-bond acceptors (Lipinski definition) is 0. The third-order valence-electron chi connectivity index (χ3n) is 3.44. The van der Waals surface area contributed by atoms with Crippen LogP contribution in [0.15, 0.2) is 91.0 Å². The molecular weight excluding hydrogens is 336 g/mol. The van der Waals surface area contributed by atoms with Gasteiger partial charge in [0.25, 0.3) is 0 Å². The fourth-order valence-electron chi connectivity index (χ4n) is 1.96. The lowest BCUT2D eigenvalue weighted by Gasteiger charge is -1.89. The van der Waals surface area contributed by atoms with E-state index >= 15 is 0 Å². The Kier molecular flexibility index (Phi) is 32.2. The van der Waals surface area contributed by atoms with E-state index in [-0.39, 0.29) is 37.1 Å². The van der Waals surface area contributed by atoms with Crippen molar-refractivity contribution in [3.8, 4) is 0 Å². The highest BCUT2D eigenvalue weighted by Crippen LogP contribution is 1.97. The second-order valence-corrected chi connectivity index (χ2v) is 5.33. The van der Waals surface area contributed by atoms with Gasteiger partial charge in [-0.15, -0.1) is 0 Å². The fraction of sp³-hybridized carbons (Fsp3) is 0.357. The lowest BCUT2D eigenvalue weighted by atomic mass is 10.2. The summed E-state index contributed by atoms with van der Waals surface area (Å²) in [5.74, 6) is 0. The Bertz CT molecular complexity index is 558. The van der Waals surface area contributed by atoms with E-state index < -0.39 is 0 Å². The summed E-state index contributed by atoms with van der Waals surface area (Å²) in [5, 5.41) is 0. The smallest absolute Gasteiger partial charge is 0.0307 e. The summed E-state index contributed by atoms with van der Waals surface area (Å²) >= 11 is 0. The molecule has 3 aromatic carbocycles. The van der Waals surface area contributed by atoms with Crippen LogP contribution in [0.3, 0.4) is 0 Å². The first-order valence-electron chi connectivity index (χ1n) is 8.35. The second kappa shape index (κ2) is 24.7. The van der Waals surface area contributed by atoms with E-state index in [1.165, 1.54) is 16.7 Å². The molecule has 0 aliphatic carbocycles. The summed E-state index contributed by atoms with van der Waals surface area (Å²) in [6.45, 7) is 6.41. The molecule has 0 spiro atoms. The Hall–Kier alpha value is -2.34. The fourth-order valence-corrected chi connectivity index (χ4v) is 1.96. The number of hydrogen-bond donors (Lipinski definition) is 0. The summed E-state index contributed by atoms with van der Waals surface area (Å²) in [6.07, 6.45) is 2.28. The summed E-state index contributed by atoms with van der Waals surface area (Å²) in [4.78, 5) is 0. The zero-order valence-electron chi connectivity index (χ0n) is 14.6. The van der Waals surface area contributed by atoms with Gasteiger partial charge in [-0.3, -0.25) is 0 Å². The van der Waals surface area contributed by atoms with Crippen molar-refractivity contribution < 1.29 is 0 Å². The molecule has 0 saturated heterocycles. The van der Waals surface area contributed by atoms with Gasteiger partial charge in [-0.25, -0.2) is 0 Å². The molecule has 0 radical (unpaired) electrons.